The zero-order valence-electron chi connectivity index (χ0n) is 15.4. The lowest BCUT2D eigenvalue weighted by molar-refractivity contribution is -0.384. The second-order valence-electron chi connectivity index (χ2n) is 6.38. The summed E-state index contributed by atoms with van der Waals surface area (Å²) in [5.74, 6) is -0.362. The van der Waals surface area contributed by atoms with Crippen molar-refractivity contribution >= 4 is 39.2 Å². The van der Waals surface area contributed by atoms with Gasteiger partial charge in [0.05, 0.1) is 21.7 Å². The lowest BCUT2D eigenvalue weighted by Crippen LogP contribution is -2.16. The van der Waals surface area contributed by atoms with Crippen LogP contribution in [0.2, 0.25) is 0 Å². The third-order valence-corrected chi connectivity index (χ3v) is 5.57. The Morgan fingerprint density at radius 1 is 1.17 bits per heavy atom. The van der Waals surface area contributed by atoms with Crippen LogP contribution in [0.25, 0.3) is 15.8 Å². The molecule has 4 aromatic rings. The van der Waals surface area contributed by atoms with Crippen molar-refractivity contribution in [3.63, 3.8) is 0 Å². The summed E-state index contributed by atoms with van der Waals surface area (Å²) < 4.78 is 2.79. The van der Waals surface area contributed by atoms with Crippen LogP contribution in [0.4, 0.5) is 5.69 Å². The van der Waals surface area contributed by atoms with E-state index in [9.17, 15) is 14.9 Å². The Hall–Kier alpha value is -3.78. The van der Waals surface area contributed by atoms with E-state index in [-0.39, 0.29) is 11.6 Å². The number of thiophene rings is 1. The van der Waals surface area contributed by atoms with E-state index in [0.29, 0.717) is 10.3 Å². The Morgan fingerprint density at radius 3 is 2.79 bits per heavy atom. The van der Waals surface area contributed by atoms with Crippen LogP contribution in [0.5, 0.6) is 0 Å². The normalized spacial score (nSPS) is 11.2. The number of hydrogen-bond acceptors (Lipinski definition) is 5. The number of rotatable bonds is 5. The molecule has 1 N–H and O–H groups in total. The molecule has 0 atom stereocenters. The van der Waals surface area contributed by atoms with Crippen molar-refractivity contribution in [1.82, 2.24) is 9.99 Å². The minimum Gasteiger partial charge on any atom is -0.315 e. The summed E-state index contributed by atoms with van der Waals surface area (Å²) in [6.07, 6.45) is 3.52. The molecule has 0 spiro atoms. The summed E-state index contributed by atoms with van der Waals surface area (Å²) in [7, 11) is 0. The van der Waals surface area contributed by atoms with Crippen LogP contribution in [-0.2, 0) is 0 Å². The summed E-state index contributed by atoms with van der Waals surface area (Å²) in [4.78, 5) is 23.3. The average molecular weight is 404 g/mol. The van der Waals surface area contributed by atoms with Gasteiger partial charge in [0.15, 0.2) is 0 Å². The molecule has 4 rings (SSSR count). The van der Waals surface area contributed by atoms with E-state index in [1.165, 1.54) is 23.5 Å². The number of fused-ring (bicyclic) bond motifs is 1. The minimum atomic E-state index is -0.454. The van der Waals surface area contributed by atoms with Crippen molar-refractivity contribution in [3.05, 3.63) is 93.1 Å². The number of para-hydroxylation sites is 1. The smallest absolute Gasteiger partial charge is 0.281 e. The van der Waals surface area contributed by atoms with Crippen molar-refractivity contribution < 1.29 is 9.72 Å². The van der Waals surface area contributed by atoms with Gasteiger partial charge >= 0.3 is 0 Å². The van der Waals surface area contributed by atoms with Crippen LogP contribution in [0.3, 0.4) is 0 Å². The number of benzene rings is 2. The van der Waals surface area contributed by atoms with E-state index in [1.54, 1.807) is 18.3 Å². The number of aromatic nitrogens is 1. The SMILES string of the molecule is Cc1ccccc1-n1cccc1C=NNC(=O)c1cc2cc([N+](=O)[O-])ccc2s1. The second kappa shape index (κ2) is 7.69. The van der Waals surface area contributed by atoms with E-state index in [1.807, 2.05) is 54.1 Å². The van der Waals surface area contributed by atoms with Crippen molar-refractivity contribution in [2.45, 2.75) is 6.92 Å². The zero-order chi connectivity index (χ0) is 20.4. The van der Waals surface area contributed by atoms with E-state index in [2.05, 4.69) is 10.5 Å². The quantitative estimate of drug-likeness (QED) is 0.298. The van der Waals surface area contributed by atoms with Crippen molar-refractivity contribution in [2.24, 2.45) is 5.10 Å². The first-order chi connectivity index (χ1) is 14.0. The highest BCUT2D eigenvalue weighted by Crippen LogP contribution is 2.28. The second-order valence-corrected chi connectivity index (χ2v) is 7.46. The molecule has 0 fully saturated rings. The molecule has 0 aliphatic heterocycles. The van der Waals surface area contributed by atoms with Gasteiger partial charge in [-0.2, -0.15) is 5.10 Å². The predicted molar refractivity (Wildman–Crippen MR) is 114 cm³/mol. The molecule has 2 heterocycles. The molecule has 0 unspecified atom stereocenters. The molecule has 144 valence electrons. The number of aryl methyl sites for hydroxylation is 1. The lowest BCUT2D eigenvalue weighted by atomic mass is 10.2. The Morgan fingerprint density at radius 2 is 2.00 bits per heavy atom. The molecule has 2 aromatic heterocycles. The summed E-state index contributed by atoms with van der Waals surface area (Å²) in [6, 6.07) is 18.0. The Bertz CT molecular complexity index is 1260. The lowest BCUT2D eigenvalue weighted by Gasteiger charge is -2.09. The number of hydrogen-bond donors (Lipinski definition) is 1. The maximum atomic E-state index is 12.4. The van der Waals surface area contributed by atoms with Crippen molar-refractivity contribution in [3.8, 4) is 5.69 Å². The van der Waals surface area contributed by atoms with Crippen LogP contribution in [-0.4, -0.2) is 21.6 Å². The number of amides is 1. The van der Waals surface area contributed by atoms with Crippen molar-refractivity contribution in [1.29, 1.82) is 0 Å². The highest BCUT2D eigenvalue weighted by Gasteiger charge is 2.13. The van der Waals surface area contributed by atoms with Gasteiger partial charge in [-0.15, -0.1) is 11.3 Å². The Balaban J connectivity index is 1.51. The van der Waals surface area contributed by atoms with E-state index in [4.69, 9.17) is 0 Å². The third-order valence-electron chi connectivity index (χ3n) is 4.45. The molecule has 29 heavy (non-hydrogen) atoms. The first kappa shape index (κ1) is 18.6. The van der Waals surface area contributed by atoms with E-state index < -0.39 is 4.92 Å². The molecule has 0 aliphatic carbocycles. The van der Waals surface area contributed by atoms with Crippen LogP contribution in [0.1, 0.15) is 20.9 Å². The monoisotopic (exact) mass is 404 g/mol. The topological polar surface area (TPSA) is 89.5 Å². The minimum absolute atomic E-state index is 0.00255. The van der Waals surface area contributed by atoms with Crippen LogP contribution < -0.4 is 5.43 Å². The summed E-state index contributed by atoms with van der Waals surface area (Å²) in [5.41, 5.74) is 5.51. The molecule has 2 aromatic carbocycles. The number of non-ortho nitro benzene ring substituents is 1. The van der Waals surface area contributed by atoms with Gasteiger partial charge in [0.1, 0.15) is 0 Å². The summed E-state index contributed by atoms with van der Waals surface area (Å²) in [5, 5.41) is 15.6. The largest absolute Gasteiger partial charge is 0.315 e. The highest BCUT2D eigenvalue weighted by molar-refractivity contribution is 7.20. The van der Waals surface area contributed by atoms with E-state index >= 15 is 0 Å². The standard InChI is InChI=1S/C21H16N4O3S/c1-14-5-2-3-7-18(14)24-10-4-6-17(24)13-22-23-21(26)20-12-15-11-16(25(27)28)8-9-19(15)29-20/h2-13H,1H3,(H,23,26). The van der Waals surface area contributed by atoms with Crippen LogP contribution in [0.15, 0.2) is 72.0 Å². The molecule has 1 amide bonds. The molecular formula is C21H16N4O3S. The first-order valence-electron chi connectivity index (χ1n) is 8.78. The zero-order valence-corrected chi connectivity index (χ0v) is 16.2. The number of nitrogens with one attached hydrogen (secondary N) is 1. The predicted octanol–water partition coefficient (Wildman–Crippen LogP) is 4.67. The molecule has 7 nitrogen and oxygen atoms in total. The Kier molecular flexibility index (Phi) is 4.92. The van der Waals surface area contributed by atoms with Gasteiger partial charge in [-0.1, -0.05) is 18.2 Å². The number of nitro groups is 1. The fourth-order valence-electron chi connectivity index (χ4n) is 3.02. The first-order valence-corrected chi connectivity index (χ1v) is 9.59. The van der Waals surface area contributed by atoms with Gasteiger partial charge in [0.2, 0.25) is 0 Å². The number of carbonyl (C=O) groups excluding carboxylic acids is 1. The maximum absolute atomic E-state index is 12.4. The van der Waals surface area contributed by atoms with Gasteiger partial charge in [-0.05, 0) is 42.8 Å². The highest BCUT2D eigenvalue weighted by atomic mass is 32.1. The summed E-state index contributed by atoms with van der Waals surface area (Å²) in [6.45, 7) is 2.03. The van der Waals surface area contributed by atoms with E-state index in [0.717, 1.165) is 21.6 Å². The van der Waals surface area contributed by atoms with Crippen LogP contribution >= 0.6 is 11.3 Å². The van der Waals surface area contributed by atoms with Gasteiger partial charge < -0.3 is 4.57 Å². The molecule has 0 bridgehead atoms. The van der Waals surface area contributed by atoms with Gasteiger partial charge in [0, 0.05) is 34.1 Å². The van der Waals surface area contributed by atoms with Gasteiger partial charge in [0.25, 0.3) is 11.6 Å². The number of carbonyl (C=O) groups is 1. The molecular weight excluding hydrogens is 388 g/mol. The average Bonchev–Trinajstić information content (AvgIpc) is 3.34. The van der Waals surface area contributed by atoms with Crippen LogP contribution in [0, 0.1) is 17.0 Å². The molecule has 0 saturated heterocycles. The summed E-state index contributed by atoms with van der Waals surface area (Å²) >= 11 is 1.26. The fraction of sp³-hybridized carbons (Fsp3) is 0.0476. The maximum Gasteiger partial charge on any atom is 0.281 e. The number of nitro benzene ring substituents is 1. The number of hydrazone groups is 1. The molecule has 0 saturated carbocycles. The fourth-order valence-corrected chi connectivity index (χ4v) is 3.95. The van der Waals surface area contributed by atoms with Gasteiger partial charge in [-0.25, -0.2) is 5.43 Å². The number of nitrogens with zero attached hydrogens (tertiary/aromatic N) is 3. The van der Waals surface area contributed by atoms with Gasteiger partial charge in [-0.3, -0.25) is 14.9 Å². The molecule has 0 radical (unpaired) electrons. The third kappa shape index (κ3) is 3.78. The molecule has 8 heteroatoms. The Labute approximate surface area is 170 Å². The molecule has 0 aliphatic rings. The van der Waals surface area contributed by atoms with Crippen molar-refractivity contribution in [2.75, 3.05) is 0 Å².